The van der Waals surface area contributed by atoms with Crippen molar-refractivity contribution < 1.29 is 25.1 Å². The molecule has 0 radical (unpaired) electrons. The Morgan fingerprint density at radius 1 is 0.673 bits per heavy atom. The monoisotopic (exact) mass is 736 g/mol. The molecule has 0 fully saturated rings. The molecule has 7 rings (SSSR count). The number of fused-ring (bicyclic) bond motifs is 2. The number of nitrogens with zero attached hydrogens (tertiary/aromatic N) is 6. The molecule has 4 aromatic heterocycles. The Labute approximate surface area is 316 Å². The smallest absolute Gasteiger partial charge is 0.267 e. The number of hydrogen-bond acceptors (Lipinski definition) is 9. The molecule has 0 atom stereocenters. The van der Waals surface area contributed by atoms with Gasteiger partial charge >= 0.3 is 0 Å². The summed E-state index contributed by atoms with van der Waals surface area (Å²) >= 11 is 0. The summed E-state index contributed by atoms with van der Waals surface area (Å²) < 4.78 is 4.29. The third-order valence-corrected chi connectivity index (χ3v) is 8.72. The predicted molar refractivity (Wildman–Crippen MR) is 210 cm³/mol. The highest BCUT2D eigenvalue weighted by Gasteiger charge is 2.14. The van der Waals surface area contributed by atoms with Crippen LogP contribution in [0.25, 0.3) is 45.6 Å². The zero-order valence-corrected chi connectivity index (χ0v) is 29.9. The number of aromatic nitrogens is 6. The van der Waals surface area contributed by atoms with E-state index in [0.717, 1.165) is 68.8 Å². The summed E-state index contributed by atoms with van der Waals surface area (Å²) in [6.07, 6.45) is 15.2. The summed E-state index contributed by atoms with van der Waals surface area (Å²) in [5.74, 6) is 0.652. The Balaban J connectivity index is 0.000000190. The molecule has 0 spiro atoms. The third kappa shape index (κ3) is 10.00. The number of rotatable bonds is 13. The molecule has 0 aliphatic rings. The number of hydrogen-bond donors (Lipinski definition) is 5. The molecule has 0 aliphatic heterocycles. The second-order valence-corrected chi connectivity index (χ2v) is 12.5. The van der Waals surface area contributed by atoms with E-state index in [4.69, 9.17) is 20.4 Å². The molecule has 0 unspecified atom stereocenters. The fraction of sp³-hybridized carbons (Fsp3) is 0.143. The van der Waals surface area contributed by atoms with Crippen LogP contribution in [-0.4, -0.2) is 63.0 Å². The van der Waals surface area contributed by atoms with Crippen LogP contribution >= 0.6 is 0 Å². The maximum atomic E-state index is 11.3. The molecule has 3 aromatic carbocycles. The van der Waals surface area contributed by atoms with E-state index in [9.17, 15) is 14.7 Å². The number of carbonyl (C=O) groups excluding carboxylic acids is 2. The first-order valence-electron chi connectivity index (χ1n) is 17.6. The molecule has 0 saturated heterocycles. The minimum absolute atomic E-state index is 0.104. The standard InChI is InChI=1S/C24H22N4O2.C18H18N4O3/c29-24(27-30)13-10-19-8-11-22-21(15-19)26-23(12-9-18-5-2-1-3-6-18)28(22)17-20-7-4-14-25-16-20;23-11-1-10-22-16-4-2-13(3-5-17(24)21-25)12-15(16)20-18(22)14-6-8-19-9-7-14/h1-8,10-11,13-16,30H,9,12,17H2,(H,27,29);2-9,12,23,25H,1,10-11H2,(H,21,24)/b13-10+;5-3+. The van der Waals surface area contributed by atoms with Crippen molar-refractivity contribution in [2.24, 2.45) is 0 Å². The van der Waals surface area contributed by atoms with Gasteiger partial charge in [-0.15, -0.1) is 0 Å². The fourth-order valence-corrected chi connectivity index (χ4v) is 6.09. The van der Waals surface area contributed by atoms with Crippen molar-refractivity contribution >= 4 is 46.0 Å². The van der Waals surface area contributed by atoms with Crippen molar-refractivity contribution in [2.45, 2.75) is 32.4 Å². The van der Waals surface area contributed by atoms with Crippen molar-refractivity contribution in [3.63, 3.8) is 0 Å². The molecule has 13 heteroatoms. The number of pyridine rings is 2. The van der Waals surface area contributed by atoms with Crippen LogP contribution in [0.4, 0.5) is 0 Å². The highest BCUT2D eigenvalue weighted by atomic mass is 16.5. The van der Waals surface area contributed by atoms with E-state index >= 15 is 0 Å². The van der Waals surface area contributed by atoms with Gasteiger partial charge < -0.3 is 14.2 Å². The van der Waals surface area contributed by atoms with Gasteiger partial charge in [-0.1, -0.05) is 48.5 Å². The number of benzene rings is 3. The van der Waals surface area contributed by atoms with Crippen molar-refractivity contribution in [1.29, 1.82) is 0 Å². The lowest BCUT2D eigenvalue weighted by Crippen LogP contribution is -2.14. The van der Waals surface area contributed by atoms with E-state index < -0.39 is 11.8 Å². The lowest BCUT2D eigenvalue weighted by Gasteiger charge is -2.09. The van der Waals surface area contributed by atoms with Crippen LogP contribution in [0.1, 0.15) is 34.5 Å². The number of aliphatic hydroxyl groups excluding tert-OH is 1. The Bertz CT molecular complexity index is 2410. The third-order valence-electron chi connectivity index (χ3n) is 8.72. The topological polar surface area (TPSA) is 180 Å². The minimum atomic E-state index is -0.592. The number of imidazole rings is 2. The lowest BCUT2D eigenvalue weighted by molar-refractivity contribution is -0.124. The molecular weight excluding hydrogens is 697 g/mol. The molecule has 0 saturated carbocycles. The van der Waals surface area contributed by atoms with Crippen molar-refractivity contribution in [3.05, 3.63) is 156 Å². The number of nitrogens with one attached hydrogen (secondary N) is 2. The minimum Gasteiger partial charge on any atom is -0.396 e. The van der Waals surface area contributed by atoms with E-state index in [1.807, 2.05) is 66.9 Å². The SMILES string of the molecule is O=C(/C=C/c1ccc2c(c1)nc(-c1ccncc1)n2CCCO)NO.O=C(/C=C/c1ccc2c(c1)nc(CCc1ccccc1)n2Cc1cccnc1)NO. The number of aryl methyl sites for hydroxylation is 3. The molecule has 55 heavy (non-hydrogen) atoms. The quantitative estimate of drug-likeness (QED) is 0.0557. The summed E-state index contributed by atoms with van der Waals surface area (Å²) in [5, 5.41) is 26.4. The van der Waals surface area contributed by atoms with E-state index in [1.165, 1.54) is 17.7 Å². The van der Waals surface area contributed by atoms with Gasteiger partial charge in [0.15, 0.2) is 0 Å². The van der Waals surface area contributed by atoms with Crippen LogP contribution in [0, 0.1) is 0 Å². The van der Waals surface area contributed by atoms with Gasteiger partial charge in [0.05, 0.1) is 28.6 Å². The van der Waals surface area contributed by atoms with Crippen LogP contribution in [-0.2, 0) is 35.5 Å². The average molecular weight is 737 g/mol. The summed E-state index contributed by atoms with van der Waals surface area (Å²) in [4.78, 5) is 40.2. The van der Waals surface area contributed by atoms with Crippen LogP contribution in [0.2, 0.25) is 0 Å². The highest BCUT2D eigenvalue weighted by molar-refractivity contribution is 5.92. The maximum Gasteiger partial charge on any atom is 0.267 e. The molecule has 0 bridgehead atoms. The van der Waals surface area contributed by atoms with Gasteiger partial charge in [0.1, 0.15) is 11.6 Å². The largest absolute Gasteiger partial charge is 0.396 e. The Morgan fingerprint density at radius 2 is 1.31 bits per heavy atom. The van der Waals surface area contributed by atoms with Gasteiger partial charge in [-0.05, 0) is 89.7 Å². The second kappa shape index (κ2) is 18.8. The van der Waals surface area contributed by atoms with Crippen LogP contribution in [0.15, 0.2) is 128 Å². The maximum absolute atomic E-state index is 11.3. The molecule has 278 valence electrons. The van der Waals surface area contributed by atoms with Crippen LogP contribution in [0.5, 0.6) is 0 Å². The Hall–Kier alpha value is -6.80. The number of aliphatic hydroxyl groups is 1. The first kappa shape index (κ1) is 37.9. The van der Waals surface area contributed by atoms with Gasteiger partial charge in [0, 0.05) is 62.1 Å². The Kier molecular flexibility index (Phi) is 13.0. The van der Waals surface area contributed by atoms with E-state index in [2.05, 4.69) is 49.4 Å². The molecule has 13 nitrogen and oxygen atoms in total. The number of hydroxylamine groups is 2. The van der Waals surface area contributed by atoms with E-state index in [-0.39, 0.29) is 6.61 Å². The van der Waals surface area contributed by atoms with Gasteiger partial charge in [-0.25, -0.2) is 20.9 Å². The predicted octanol–water partition coefficient (Wildman–Crippen LogP) is 5.78. The number of carbonyl (C=O) groups is 2. The second-order valence-electron chi connectivity index (χ2n) is 12.5. The zero-order chi connectivity index (χ0) is 38.4. The molecular formula is C42H40N8O5. The van der Waals surface area contributed by atoms with Crippen molar-refractivity contribution in [3.8, 4) is 11.4 Å². The van der Waals surface area contributed by atoms with Gasteiger partial charge in [0.2, 0.25) is 0 Å². The van der Waals surface area contributed by atoms with Gasteiger partial charge in [-0.2, -0.15) is 0 Å². The summed E-state index contributed by atoms with van der Waals surface area (Å²) in [6.45, 7) is 1.44. The van der Waals surface area contributed by atoms with E-state index in [0.29, 0.717) is 19.5 Å². The Morgan fingerprint density at radius 3 is 1.93 bits per heavy atom. The molecule has 7 aromatic rings. The van der Waals surface area contributed by atoms with Crippen LogP contribution < -0.4 is 11.0 Å². The average Bonchev–Trinajstić information content (AvgIpc) is 3.78. The van der Waals surface area contributed by atoms with Crippen LogP contribution in [0.3, 0.4) is 0 Å². The first-order valence-corrected chi connectivity index (χ1v) is 17.6. The van der Waals surface area contributed by atoms with Gasteiger partial charge in [0.25, 0.3) is 11.8 Å². The van der Waals surface area contributed by atoms with Gasteiger partial charge in [-0.3, -0.25) is 30.0 Å². The molecule has 0 aliphatic carbocycles. The normalized spacial score (nSPS) is 11.3. The van der Waals surface area contributed by atoms with Crippen molar-refractivity contribution in [2.75, 3.05) is 6.61 Å². The fourth-order valence-electron chi connectivity index (χ4n) is 6.09. The number of amides is 2. The molecule has 5 N–H and O–H groups in total. The molecule has 2 amide bonds. The zero-order valence-electron chi connectivity index (χ0n) is 29.9. The lowest BCUT2D eigenvalue weighted by atomic mass is 10.1. The first-order chi connectivity index (χ1) is 26.9. The van der Waals surface area contributed by atoms with Crippen molar-refractivity contribution in [1.82, 2.24) is 40.0 Å². The highest BCUT2D eigenvalue weighted by Crippen LogP contribution is 2.26. The molecule has 4 heterocycles. The summed E-state index contributed by atoms with van der Waals surface area (Å²) in [6, 6.07) is 29.7. The summed E-state index contributed by atoms with van der Waals surface area (Å²) in [7, 11) is 0. The van der Waals surface area contributed by atoms with E-state index in [1.54, 1.807) is 41.7 Å². The summed E-state index contributed by atoms with van der Waals surface area (Å²) in [5.41, 5.74) is 11.8.